The maximum Gasteiger partial charge on any atom is 0.338 e. The number of esters is 1. The Morgan fingerprint density at radius 3 is 2.45 bits per heavy atom. The van der Waals surface area contributed by atoms with Gasteiger partial charge in [0.2, 0.25) is 0 Å². The van der Waals surface area contributed by atoms with Gasteiger partial charge in [0.05, 0.1) is 18.7 Å². The molecule has 3 N–H and O–H groups in total. The molecule has 112 valence electrons. The number of guanidine groups is 1. The number of nitrogens with zero attached hydrogens (tertiary/aromatic N) is 1. The summed E-state index contributed by atoms with van der Waals surface area (Å²) in [6, 6.07) is 7.41. The third-order valence-corrected chi connectivity index (χ3v) is 2.33. The Labute approximate surface area is 137 Å². The van der Waals surface area contributed by atoms with Gasteiger partial charge in [-0.05, 0) is 38.5 Å². The van der Waals surface area contributed by atoms with Gasteiger partial charge in [0, 0.05) is 6.04 Å². The fraction of sp³-hybridized carbons (Fsp3) is 0.429. The van der Waals surface area contributed by atoms with Gasteiger partial charge in [0.15, 0.2) is 5.96 Å². The maximum atomic E-state index is 11.5. The number of carbonyl (C=O) groups is 1. The van der Waals surface area contributed by atoms with Crippen LogP contribution in [0.5, 0.6) is 0 Å². The zero-order valence-corrected chi connectivity index (χ0v) is 14.4. The molecule has 1 rings (SSSR count). The first kappa shape index (κ1) is 18.7. The Kier molecular flexibility index (Phi) is 8.94. The number of benzene rings is 1. The van der Waals surface area contributed by atoms with Gasteiger partial charge in [0.25, 0.3) is 0 Å². The highest BCUT2D eigenvalue weighted by atomic mass is 127. The quantitative estimate of drug-likeness (QED) is 0.350. The second kappa shape index (κ2) is 9.57. The lowest BCUT2D eigenvalue weighted by Gasteiger charge is -2.08. The second-order valence-corrected chi connectivity index (χ2v) is 4.42. The van der Waals surface area contributed by atoms with Gasteiger partial charge in [-0.3, -0.25) is 0 Å². The Balaban J connectivity index is 0.00000361. The number of aliphatic imine (C=N–C) groups is 1. The van der Waals surface area contributed by atoms with Crippen LogP contribution >= 0.6 is 24.0 Å². The maximum absolute atomic E-state index is 11.5. The van der Waals surface area contributed by atoms with Crippen molar-refractivity contribution in [2.24, 2.45) is 10.7 Å². The Bertz CT molecular complexity index is 444. The minimum absolute atomic E-state index is 0. The molecule has 6 heteroatoms. The summed E-state index contributed by atoms with van der Waals surface area (Å²) in [7, 11) is 0. The largest absolute Gasteiger partial charge is 0.462 e. The molecule has 0 saturated carbocycles. The lowest BCUT2D eigenvalue weighted by molar-refractivity contribution is 0.0526. The van der Waals surface area contributed by atoms with Crippen LogP contribution in [-0.4, -0.2) is 24.6 Å². The number of ether oxygens (including phenoxy) is 1. The van der Waals surface area contributed by atoms with Gasteiger partial charge >= 0.3 is 5.97 Å². The summed E-state index contributed by atoms with van der Waals surface area (Å²) < 4.78 is 4.91. The first-order valence-electron chi connectivity index (χ1n) is 6.35. The molecule has 0 unspecified atom stereocenters. The number of carbonyl (C=O) groups excluding carboxylic acids is 1. The lowest BCUT2D eigenvalue weighted by Crippen LogP contribution is -2.36. The van der Waals surface area contributed by atoms with Crippen LogP contribution in [0.2, 0.25) is 0 Å². The van der Waals surface area contributed by atoms with Crippen LogP contribution in [0.25, 0.3) is 0 Å². The summed E-state index contributed by atoms with van der Waals surface area (Å²) in [4.78, 5) is 15.7. The molecule has 0 aromatic heterocycles. The molecule has 0 saturated heterocycles. The Morgan fingerprint density at radius 1 is 1.35 bits per heavy atom. The molecule has 0 aliphatic rings. The fourth-order valence-electron chi connectivity index (χ4n) is 1.48. The molecular weight excluding hydrogens is 369 g/mol. The number of halogens is 1. The van der Waals surface area contributed by atoms with Crippen molar-refractivity contribution in [3.63, 3.8) is 0 Å². The van der Waals surface area contributed by atoms with Crippen LogP contribution in [0.3, 0.4) is 0 Å². The number of nitrogens with one attached hydrogen (secondary N) is 1. The molecule has 0 heterocycles. The van der Waals surface area contributed by atoms with Crippen LogP contribution < -0.4 is 11.1 Å². The van der Waals surface area contributed by atoms with Crippen molar-refractivity contribution >= 4 is 35.9 Å². The zero-order chi connectivity index (χ0) is 14.3. The van der Waals surface area contributed by atoms with Crippen LogP contribution in [0.15, 0.2) is 29.3 Å². The normalized spacial score (nSPS) is 10.9. The third kappa shape index (κ3) is 6.74. The highest BCUT2D eigenvalue weighted by Gasteiger charge is 2.05. The lowest BCUT2D eigenvalue weighted by atomic mass is 10.1. The molecule has 0 amide bonds. The molecule has 0 fully saturated rings. The van der Waals surface area contributed by atoms with E-state index < -0.39 is 0 Å². The zero-order valence-electron chi connectivity index (χ0n) is 12.1. The van der Waals surface area contributed by atoms with E-state index in [-0.39, 0.29) is 36.0 Å². The highest BCUT2D eigenvalue weighted by molar-refractivity contribution is 14.0. The summed E-state index contributed by atoms with van der Waals surface area (Å²) in [5, 5.41) is 3.01. The molecule has 0 aliphatic carbocycles. The van der Waals surface area contributed by atoms with E-state index in [0.29, 0.717) is 24.7 Å². The van der Waals surface area contributed by atoms with Gasteiger partial charge in [-0.25, -0.2) is 9.79 Å². The third-order valence-electron chi connectivity index (χ3n) is 2.33. The second-order valence-electron chi connectivity index (χ2n) is 4.42. The predicted molar refractivity (Wildman–Crippen MR) is 91.4 cm³/mol. The minimum atomic E-state index is -0.307. The van der Waals surface area contributed by atoms with Crippen LogP contribution in [0.4, 0.5) is 0 Å². The summed E-state index contributed by atoms with van der Waals surface area (Å²) >= 11 is 0. The van der Waals surface area contributed by atoms with Crippen LogP contribution in [0.1, 0.15) is 36.7 Å². The van der Waals surface area contributed by atoms with Crippen LogP contribution in [0, 0.1) is 0 Å². The monoisotopic (exact) mass is 391 g/mol. The molecule has 5 nitrogen and oxygen atoms in total. The average Bonchev–Trinajstić information content (AvgIpc) is 2.36. The van der Waals surface area contributed by atoms with E-state index in [1.54, 1.807) is 19.1 Å². The Hall–Kier alpha value is -1.31. The van der Waals surface area contributed by atoms with E-state index in [1.807, 2.05) is 26.0 Å². The molecule has 0 bridgehead atoms. The van der Waals surface area contributed by atoms with Crippen molar-refractivity contribution in [3.8, 4) is 0 Å². The van der Waals surface area contributed by atoms with Crippen molar-refractivity contribution < 1.29 is 9.53 Å². The molecule has 0 aliphatic heterocycles. The van der Waals surface area contributed by atoms with Crippen molar-refractivity contribution in [2.75, 3.05) is 6.61 Å². The molecule has 0 radical (unpaired) electrons. The van der Waals surface area contributed by atoms with E-state index in [2.05, 4.69) is 10.3 Å². The first-order chi connectivity index (χ1) is 9.02. The number of nitrogens with two attached hydrogens (primary N) is 1. The Morgan fingerprint density at radius 2 is 1.95 bits per heavy atom. The molecule has 20 heavy (non-hydrogen) atoms. The van der Waals surface area contributed by atoms with Gasteiger partial charge < -0.3 is 15.8 Å². The summed E-state index contributed by atoms with van der Waals surface area (Å²) in [5.41, 5.74) is 7.24. The topological polar surface area (TPSA) is 76.7 Å². The van der Waals surface area contributed by atoms with Crippen molar-refractivity contribution in [3.05, 3.63) is 35.4 Å². The average molecular weight is 391 g/mol. The van der Waals surface area contributed by atoms with Gasteiger partial charge in [-0.1, -0.05) is 12.1 Å². The molecule has 0 spiro atoms. The van der Waals surface area contributed by atoms with Crippen molar-refractivity contribution in [2.45, 2.75) is 33.4 Å². The molecule has 0 atom stereocenters. The smallest absolute Gasteiger partial charge is 0.338 e. The van der Waals surface area contributed by atoms with Crippen molar-refractivity contribution in [1.29, 1.82) is 0 Å². The van der Waals surface area contributed by atoms with E-state index in [4.69, 9.17) is 10.5 Å². The standard InChI is InChI=1S/C14H21N3O2.HI/c1-4-19-13(18)12-7-5-11(6-8-12)9-16-14(15)17-10(2)3;/h5-8,10H,4,9H2,1-3H3,(H3,15,16,17);1H. The van der Waals surface area contributed by atoms with E-state index in [1.165, 1.54) is 0 Å². The molecular formula is C14H22IN3O2. The number of hydrogen-bond donors (Lipinski definition) is 2. The predicted octanol–water partition coefficient (Wildman–Crippen LogP) is 2.29. The van der Waals surface area contributed by atoms with E-state index in [9.17, 15) is 4.79 Å². The number of rotatable bonds is 5. The van der Waals surface area contributed by atoms with Crippen molar-refractivity contribution in [1.82, 2.24) is 5.32 Å². The SMILES string of the molecule is CCOC(=O)c1ccc(CN=C(N)NC(C)C)cc1.I. The highest BCUT2D eigenvalue weighted by Crippen LogP contribution is 2.07. The summed E-state index contributed by atoms with van der Waals surface area (Å²) in [6.07, 6.45) is 0. The number of hydrogen-bond acceptors (Lipinski definition) is 3. The summed E-state index contributed by atoms with van der Waals surface area (Å²) in [6.45, 7) is 6.63. The fourth-order valence-corrected chi connectivity index (χ4v) is 1.48. The van der Waals surface area contributed by atoms with E-state index in [0.717, 1.165) is 5.56 Å². The van der Waals surface area contributed by atoms with Crippen LogP contribution in [-0.2, 0) is 11.3 Å². The summed E-state index contributed by atoms with van der Waals surface area (Å²) in [5.74, 6) is 0.114. The molecule has 1 aromatic rings. The van der Waals surface area contributed by atoms with Gasteiger partial charge in [-0.15, -0.1) is 24.0 Å². The first-order valence-corrected chi connectivity index (χ1v) is 6.35. The molecule has 1 aromatic carbocycles. The van der Waals surface area contributed by atoms with Gasteiger partial charge in [-0.2, -0.15) is 0 Å². The minimum Gasteiger partial charge on any atom is -0.462 e. The van der Waals surface area contributed by atoms with Gasteiger partial charge in [0.1, 0.15) is 0 Å². The van der Waals surface area contributed by atoms with E-state index >= 15 is 0 Å².